The summed E-state index contributed by atoms with van der Waals surface area (Å²) < 4.78 is 16.8. The number of esters is 3. The first-order valence-corrected chi connectivity index (χ1v) is 27.4. The van der Waals surface area contributed by atoms with Gasteiger partial charge in [-0.3, -0.25) is 14.4 Å². The molecule has 6 heteroatoms. The number of carbonyl (C=O) groups is 3. The highest BCUT2D eigenvalue weighted by Gasteiger charge is 2.19. The van der Waals surface area contributed by atoms with Crippen LogP contribution < -0.4 is 0 Å². The van der Waals surface area contributed by atoms with Crippen LogP contribution in [0.15, 0.2) is 72.9 Å². The van der Waals surface area contributed by atoms with Gasteiger partial charge in [0.2, 0.25) is 0 Å². The molecule has 0 N–H and O–H groups in total. The molecule has 0 aromatic heterocycles. The average Bonchev–Trinajstić information content (AvgIpc) is 3.30. The normalized spacial score (nSPS) is 12.6. The third-order valence-electron chi connectivity index (χ3n) is 11.7. The molecule has 0 bridgehead atoms. The van der Waals surface area contributed by atoms with Crippen LogP contribution in [0.3, 0.4) is 0 Å². The molecule has 0 heterocycles. The average molecular weight is 907 g/mol. The second kappa shape index (κ2) is 53.5. The molecule has 0 amide bonds. The third kappa shape index (κ3) is 51.7. The predicted octanol–water partition coefficient (Wildman–Crippen LogP) is 18.2. The summed E-state index contributed by atoms with van der Waals surface area (Å²) in [5.74, 6) is -0.931. The van der Waals surface area contributed by atoms with Crippen molar-refractivity contribution in [3.8, 4) is 0 Å². The summed E-state index contributed by atoms with van der Waals surface area (Å²) in [4.78, 5) is 38.1. The molecule has 0 aliphatic rings. The highest BCUT2D eigenvalue weighted by atomic mass is 16.6. The number of unbranched alkanes of at least 4 members (excludes halogenated alkanes) is 26. The molecule has 0 saturated heterocycles. The Balaban J connectivity index is 4.46. The standard InChI is InChI=1S/C59H102O6/c1-4-7-10-13-16-19-22-25-27-28-29-30-32-35-38-41-44-47-50-53-59(62)65-56(54-63-57(60)51-48-45-42-39-36-33-24-21-18-15-12-9-6-3)55-64-58(61)52-49-46-43-40-37-34-31-26-23-20-17-14-11-8-5-2/h16-17,19-20,25-27,29-31,35,38,56H,4-15,18,21-24,28,32-34,36-37,39-55H2,1-3H3/b19-16-,20-17-,27-25-,30-29-,31-26-,38-35-/t56-/m0/s1. The molecule has 1 atom stereocenters. The van der Waals surface area contributed by atoms with Crippen molar-refractivity contribution in [3.63, 3.8) is 0 Å². The van der Waals surface area contributed by atoms with Crippen molar-refractivity contribution in [2.45, 2.75) is 271 Å². The van der Waals surface area contributed by atoms with E-state index in [2.05, 4.69) is 93.7 Å². The number of ether oxygens (including phenoxy) is 3. The Labute approximate surface area is 402 Å². The summed E-state index contributed by atoms with van der Waals surface area (Å²) in [6, 6.07) is 0. The molecule has 65 heavy (non-hydrogen) atoms. The monoisotopic (exact) mass is 907 g/mol. The Bertz CT molecular complexity index is 1230. The minimum Gasteiger partial charge on any atom is -0.462 e. The molecule has 0 aromatic carbocycles. The van der Waals surface area contributed by atoms with Crippen LogP contribution in [-0.4, -0.2) is 37.2 Å². The molecule has 0 radical (unpaired) electrons. The zero-order chi connectivity index (χ0) is 47.2. The lowest BCUT2D eigenvalue weighted by Gasteiger charge is -2.18. The van der Waals surface area contributed by atoms with Crippen LogP contribution in [0.4, 0.5) is 0 Å². The Kier molecular flexibility index (Phi) is 50.9. The maximum atomic E-state index is 12.8. The second-order valence-corrected chi connectivity index (χ2v) is 18.1. The Morgan fingerprint density at radius 1 is 0.308 bits per heavy atom. The minimum atomic E-state index is -0.796. The van der Waals surface area contributed by atoms with Gasteiger partial charge in [-0.1, -0.05) is 222 Å². The lowest BCUT2D eigenvalue weighted by Crippen LogP contribution is -2.30. The van der Waals surface area contributed by atoms with E-state index in [0.29, 0.717) is 12.8 Å². The topological polar surface area (TPSA) is 78.9 Å². The van der Waals surface area contributed by atoms with Gasteiger partial charge in [-0.15, -0.1) is 0 Å². The molecular weight excluding hydrogens is 805 g/mol. The van der Waals surface area contributed by atoms with Crippen molar-refractivity contribution in [3.05, 3.63) is 72.9 Å². The Morgan fingerprint density at radius 3 is 0.908 bits per heavy atom. The van der Waals surface area contributed by atoms with Crippen molar-refractivity contribution < 1.29 is 28.6 Å². The fourth-order valence-corrected chi connectivity index (χ4v) is 7.51. The molecule has 0 aliphatic carbocycles. The molecule has 0 fully saturated rings. The van der Waals surface area contributed by atoms with E-state index in [1.54, 1.807) is 0 Å². The highest BCUT2D eigenvalue weighted by molar-refractivity contribution is 5.71. The van der Waals surface area contributed by atoms with Gasteiger partial charge in [-0.05, 0) is 96.3 Å². The van der Waals surface area contributed by atoms with Gasteiger partial charge in [-0.25, -0.2) is 0 Å². The molecule has 0 spiro atoms. The smallest absolute Gasteiger partial charge is 0.306 e. The number of carbonyl (C=O) groups excluding carboxylic acids is 3. The van der Waals surface area contributed by atoms with Gasteiger partial charge in [0.05, 0.1) is 0 Å². The van der Waals surface area contributed by atoms with E-state index in [1.807, 2.05) is 0 Å². The number of hydrogen-bond acceptors (Lipinski definition) is 6. The van der Waals surface area contributed by atoms with Gasteiger partial charge in [0.15, 0.2) is 6.10 Å². The fraction of sp³-hybridized carbons (Fsp3) is 0.746. The minimum absolute atomic E-state index is 0.0912. The molecule has 374 valence electrons. The lowest BCUT2D eigenvalue weighted by molar-refractivity contribution is -0.167. The molecule has 0 aliphatic heterocycles. The molecular formula is C59H102O6. The van der Waals surface area contributed by atoms with Crippen LogP contribution in [0, 0.1) is 0 Å². The van der Waals surface area contributed by atoms with E-state index in [-0.39, 0.29) is 37.5 Å². The van der Waals surface area contributed by atoms with E-state index < -0.39 is 6.10 Å². The summed E-state index contributed by atoms with van der Waals surface area (Å²) in [6.07, 6.45) is 67.4. The third-order valence-corrected chi connectivity index (χ3v) is 11.7. The van der Waals surface area contributed by atoms with Crippen LogP contribution in [0.2, 0.25) is 0 Å². The maximum Gasteiger partial charge on any atom is 0.306 e. The van der Waals surface area contributed by atoms with Gasteiger partial charge >= 0.3 is 17.9 Å². The van der Waals surface area contributed by atoms with E-state index in [4.69, 9.17) is 14.2 Å². The van der Waals surface area contributed by atoms with E-state index >= 15 is 0 Å². The number of hydrogen-bond donors (Lipinski definition) is 0. The van der Waals surface area contributed by atoms with Crippen molar-refractivity contribution in [2.24, 2.45) is 0 Å². The van der Waals surface area contributed by atoms with Gasteiger partial charge in [-0.2, -0.15) is 0 Å². The first-order valence-electron chi connectivity index (χ1n) is 27.4. The van der Waals surface area contributed by atoms with E-state index in [1.165, 1.54) is 116 Å². The van der Waals surface area contributed by atoms with Crippen LogP contribution >= 0.6 is 0 Å². The summed E-state index contributed by atoms with van der Waals surface area (Å²) in [5.41, 5.74) is 0. The summed E-state index contributed by atoms with van der Waals surface area (Å²) >= 11 is 0. The molecule has 0 aromatic rings. The summed E-state index contributed by atoms with van der Waals surface area (Å²) in [5, 5.41) is 0. The van der Waals surface area contributed by atoms with Crippen molar-refractivity contribution in [1.29, 1.82) is 0 Å². The van der Waals surface area contributed by atoms with Gasteiger partial charge in [0.1, 0.15) is 13.2 Å². The number of allylic oxidation sites excluding steroid dienone is 12. The van der Waals surface area contributed by atoms with E-state index in [9.17, 15) is 14.4 Å². The fourth-order valence-electron chi connectivity index (χ4n) is 7.51. The largest absolute Gasteiger partial charge is 0.462 e. The van der Waals surface area contributed by atoms with Crippen LogP contribution in [-0.2, 0) is 28.6 Å². The lowest BCUT2D eigenvalue weighted by atomic mass is 10.0. The van der Waals surface area contributed by atoms with Crippen molar-refractivity contribution in [2.75, 3.05) is 13.2 Å². The molecule has 6 nitrogen and oxygen atoms in total. The summed E-state index contributed by atoms with van der Waals surface area (Å²) in [7, 11) is 0. The molecule has 0 rings (SSSR count). The SMILES string of the molecule is CCCCC/C=C\C/C=C\C/C=C\C/C=C\CCCCCC(=O)O[C@H](COC(=O)CCCCCCC/C=C\C/C=C\CCCCC)COC(=O)CCCCCCCCCCCCCCC. The zero-order valence-corrected chi connectivity index (χ0v) is 42.7. The van der Waals surface area contributed by atoms with Crippen LogP contribution in [0.25, 0.3) is 0 Å². The second-order valence-electron chi connectivity index (χ2n) is 18.1. The highest BCUT2D eigenvalue weighted by Crippen LogP contribution is 2.15. The zero-order valence-electron chi connectivity index (χ0n) is 42.7. The van der Waals surface area contributed by atoms with Gasteiger partial charge in [0, 0.05) is 19.3 Å². The van der Waals surface area contributed by atoms with E-state index in [0.717, 1.165) is 109 Å². The predicted molar refractivity (Wildman–Crippen MR) is 279 cm³/mol. The maximum absolute atomic E-state index is 12.8. The van der Waals surface area contributed by atoms with Gasteiger partial charge < -0.3 is 14.2 Å². The Hall–Kier alpha value is -3.15. The first kappa shape index (κ1) is 61.9. The van der Waals surface area contributed by atoms with Crippen LogP contribution in [0.5, 0.6) is 0 Å². The molecule has 0 unspecified atom stereocenters. The van der Waals surface area contributed by atoms with Gasteiger partial charge in [0.25, 0.3) is 0 Å². The van der Waals surface area contributed by atoms with Crippen molar-refractivity contribution in [1.82, 2.24) is 0 Å². The quantitative estimate of drug-likeness (QED) is 0.0262. The van der Waals surface area contributed by atoms with Crippen molar-refractivity contribution >= 4 is 17.9 Å². The Morgan fingerprint density at radius 2 is 0.554 bits per heavy atom. The van der Waals surface area contributed by atoms with Crippen LogP contribution in [0.1, 0.15) is 265 Å². The summed E-state index contributed by atoms with van der Waals surface area (Å²) in [6.45, 7) is 6.55. The molecule has 0 saturated carbocycles. The number of rotatable bonds is 49. The first-order chi connectivity index (χ1) is 32.0.